The van der Waals surface area contributed by atoms with Crippen molar-refractivity contribution in [1.82, 2.24) is 0 Å². The van der Waals surface area contributed by atoms with Gasteiger partial charge in [0.2, 0.25) is 0 Å². The summed E-state index contributed by atoms with van der Waals surface area (Å²) in [7, 11) is 0. The second-order valence-corrected chi connectivity index (χ2v) is 11.0. The highest BCUT2D eigenvalue weighted by molar-refractivity contribution is 6.36. The van der Waals surface area contributed by atoms with Gasteiger partial charge in [-0.25, -0.2) is 0 Å². The van der Waals surface area contributed by atoms with Crippen LogP contribution in [0.25, 0.3) is 0 Å². The first kappa shape index (κ1) is 31.5. The Bertz CT molecular complexity index is 1410. The molecular weight excluding hydrogens is 618 g/mol. The molecule has 0 N–H and O–H groups in total. The van der Waals surface area contributed by atoms with Gasteiger partial charge < -0.3 is 19.3 Å². The van der Waals surface area contributed by atoms with Gasteiger partial charge in [0.25, 0.3) is 11.8 Å². The number of carbonyl (C=O) groups is 2. The Morgan fingerprint density at radius 2 is 0.952 bits per heavy atom. The number of para-hydroxylation sites is 2. The molecule has 0 bridgehead atoms. The van der Waals surface area contributed by atoms with E-state index in [1.165, 1.54) is 0 Å². The molecule has 0 unspecified atom stereocenters. The highest BCUT2D eigenvalue weighted by Crippen LogP contribution is 2.30. The van der Waals surface area contributed by atoms with Crippen molar-refractivity contribution in [2.75, 3.05) is 22.9 Å². The Hall–Kier alpha value is -3.42. The smallest absolute Gasteiger partial charge is 0.267 e. The predicted molar refractivity (Wildman–Crippen MR) is 171 cm³/mol. The lowest BCUT2D eigenvalue weighted by molar-refractivity contribution is -0.126. The molecule has 0 spiro atoms. The number of rotatable bonds is 11. The lowest BCUT2D eigenvalue weighted by Gasteiger charge is -2.31. The van der Waals surface area contributed by atoms with Crippen LogP contribution in [0.5, 0.6) is 11.5 Å². The Labute approximate surface area is 265 Å². The van der Waals surface area contributed by atoms with Gasteiger partial charge in [0.05, 0.1) is 10.0 Å². The highest BCUT2D eigenvalue weighted by atomic mass is 35.5. The topological polar surface area (TPSA) is 59.1 Å². The fourth-order valence-electron chi connectivity index (χ4n) is 4.21. The van der Waals surface area contributed by atoms with E-state index in [0.717, 1.165) is 0 Å². The Balaban J connectivity index is 1.57. The first-order valence-electron chi connectivity index (χ1n) is 13.1. The molecule has 0 radical (unpaired) electrons. The van der Waals surface area contributed by atoms with Crippen molar-refractivity contribution in [3.05, 3.63) is 117 Å². The zero-order chi connectivity index (χ0) is 30.2. The lowest BCUT2D eigenvalue weighted by atomic mass is 10.2. The van der Waals surface area contributed by atoms with Crippen molar-refractivity contribution in [2.45, 2.75) is 26.1 Å². The summed E-state index contributed by atoms with van der Waals surface area (Å²) >= 11 is 24.6. The third kappa shape index (κ3) is 8.11. The molecule has 0 heterocycles. The molecule has 4 aromatic carbocycles. The molecule has 0 aliphatic carbocycles. The fraction of sp³-hybridized carbons (Fsp3) is 0.188. The molecule has 0 fully saturated rings. The number of benzene rings is 4. The van der Waals surface area contributed by atoms with Crippen LogP contribution in [0.1, 0.15) is 13.8 Å². The van der Waals surface area contributed by atoms with Crippen LogP contribution in [0.15, 0.2) is 97.1 Å². The van der Waals surface area contributed by atoms with E-state index in [9.17, 15) is 9.59 Å². The normalized spacial score (nSPS) is 12.2. The second kappa shape index (κ2) is 14.7. The number of ether oxygens (including phenoxy) is 2. The first-order valence-corrected chi connectivity index (χ1v) is 14.6. The van der Waals surface area contributed by atoms with E-state index in [1.807, 2.05) is 60.7 Å². The summed E-state index contributed by atoms with van der Waals surface area (Å²) in [4.78, 5) is 30.7. The van der Waals surface area contributed by atoms with Gasteiger partial charge >= 0.3 is 0 Å². The summed E-state index contributed by atoms with van der Waals surface area (Å²) in [5.41, 5.74) is 1.30. The van der Waals surface area contributed by atoms with Crippen LogP contribution in [0, 0.1) is 0 Å². The third-order valence-electron chi connectivity index (χ3n) is 6.31. The summed E-state index contributed by atoms with van der Waals surface area (Å²) in [5, 5.41) is 1.51. The molecule has 6 nitrogen and oxygen atoms in total. The summed E-state index contributed by atoms with van der Waals surface area (Å²) in [6.07, 6.45) is -1.78. The van der Waals surface area contributed by atoms with Crippen molar-refractivity contribution in [3.63, 3.8) is 0 Å². The monoisotopic (exact) mass is 644 g/mol. The van der Waals surface area contributed by atoms with Gasteiger partial charge in [-0.05, 0) is 74.5 Å². The van der Waals surface area contributed by atoms with E-state index in [1.54, 1.807) is 60.0 Å². The highest BCUT2D eigenvalue weighted by Gasteiger charge is 2.28. The third-order valence-corrected chi connectivity index (χ3v) is 7.37. The van der Waals surface area contributed by atoms with Crippen LogP contribution >= 0.6 is 46.4 Å². The number of amides is 2. The number of carbonyl (C=O) groups excluding carboxylic acids is 2. The zero-order valence-corrected chi connectivity index (χ0v) is 25.9. The first-order chi connectivity index (χ1) is 20.1. The summed E-state index contributed by atoms with van der Waals surface area (Å²) in [6.45, 7) is 3.63. The number of halogens is 4. The molecule has 10 heteroatoms. The largest absolute Gasteiger partial charge is 0.479 e. The van der Waals surface area contributed by atoms with Crippen molar-refractivity contribution in [2.24, 2.45) is 0 Å². The van der Waals surface area contributed by atoms with Crippen LogP contribution in [0.4, 0.5) is 11.4 Å². The SMILES string of the molecule is C[C@H](Oc1ccc(Cl)cc1Cl)C(=O)N(CCN(C(=O)[C@@H](C)Oc1ccc(Cl)cc1Cl)c1ccccc1)c1ccccc1. The Morgan fingerprint density at radius 3 is 1.29 bits per heavy atom. The predicted octanol–water partition coefficient (Wildman–Crippen LogP) is 8.60. The van der Waals surface area contributed by atoms with Crippen LogP contribution in [0.3, 0.4) is 0 Å². The molecule has 42 heavy (non-hydrogen) atoms. The Morgan fingerprint density at radius 1 is 0.595 bits per heavy atom. The molecule has 218 valence electrons. The molecule has 4 rings (SSSR count). The molecule has 0 aliphatic heterocycles. The van der Waals surface area contributed by atoms with Crippen molar-refractivity contribution >= 4 is 69.6 Å². The molecule has 4 aromatic rings. The van der Waals surface area contributed by atoms with E-state index in [2.05, 4.69) is 0 Å². The van der Waals surface area contributed by atoms with E-state index >= 15 is 0 Å². The minimum atomic E-state index is -0.890. The maximum absolute atomic E-state index is 13.8. The summed E-state index contributed by atoms with van der Waals surface area (Å²) < 4.78 is 11.8. The molecule has 2 amide bonds. The molecule has 2 atom stereocenters. The van der Waals surface area contributed by atoms with Gasteiger partial charge in [0, 0.05) is 34.5 Å². The van der Waals surface area contributed by atoms with Gasteiger partial charge in [0.15, 0.2) is 12.2 Å². The van der Waals surface area contributed by atoms with Crippen LogP contribution in [0.2, 0.25) is 20.1 Å². The van der Waals surface area contributed by atoms with Crippen LogP contribution in [-0.2, 0) is 9.59 Å². The van der Waals surface area contributed by atoms with Gasteiger partial charge in [-0.3, -0.25) is 9.59 Å². The van der Waals surface area contributed by atoms with Crippen molar-refractivity contribution in [3.8, 4) is 11.5 Å². The number of nitrogens with zero attached hydrogens (tertiary/aromatic N) is 2. The molecule has 0 aliphatic rings. The van der Waals surface area contributed by atoms with Crippen LogP contribution < -0.4 is 19.3 Å². The minimum absolute atomic E-state index is 0.167. The molecule has 0 saturated carbocycles. The van der Waals surface area contributed by atoms with Crippen molar-refractivity contribution < 1.29 is 19.1 Å². The van der Waals surface area contributed by atoms with Gasteiger partial charge in [0.1, 0.15) is 11.5 Å². The maximum Gasteiger partial charge on any atom is 0.267 e. The fourth-order valence-corrected chi connectivity index (χ4v) is 5.12. The Kier molecular flexibility index (Phi) is 11.0. The molecular formula is C32H28Cl4N2O4. The zero-order valence-electron chi connectivity index (χ0n) is 22.8. The second-order valence-electron chi connectivity index (χ2n) is 9.32. The number of anilines is 2. The van der Waals surface area contributed by atoms with Gasteiger partial charge in [-0.1, -0.05) is 82.8 Å². The average Bonchev–Trinajstić information content (AvgIpc) is 2.98. The number of hydrogen-bond acceptors (Lipinski definition) is 4. The minimum Gasteiger partial charge on any atom is -0.479 e. The molecule has 0 aromatic heterocycles. The van der Waals surface area contributed by atoms with E-state index in [0.29, 0.717) is 43.0 Å². The molecule has 0 saturated heterocycles. The standard InChI is InChI=1S/C32H28Cl4N2O4/c1-21(41-29-15-13-23(33)19-27(29)35)31(39)37(25-9-5-3-6-10-25)17-18-38(26-11-7-4-8-12-26)32(40)22(2)42-30-16-14-24(34)20-28(30)36/h3-16,19-22H,17-18H2,1-2H3/t21-,22+. The quantitative estimate of drug-likeness (QED) is 0.164. The summed E-state index contributed by atoms with van der Waals surface area (Å²) in [6, 6.07) is 28.0. The number of hydrogen-bond donors (Lipinski definition) is 0. The van der Waals surface area contributed by atoms with Gasteiger partial charge in [-0.15, -0.1) is 0 Å². The summed E-state index contributed by atoms with van der Waals surface area (Å²) in [5.74, 6) is 0.0422. The van der Waals surface area contributed by atoms with Gasteiger partial charge in [-0.2, -0.15) is 0 Å². The average molecular weight is 646 g/mol. The van der Waals surface area contributed by atoms with Crippen LogP contribution in [-0.4, -0.2) is 37.1 Å². The maximum atomic E-state index is 13.8. The van der Waals surface area contributed by atoms with E-state index in [4.69, 9.17) is 55.9 Å². The van der Waals surface area contributed by atoms with Crippen molar-refractivity contribution in [1.29, 1.82) is 0 Å². The van der Waals surface area contributed by atoms with E-state index < -0.39 is 12.2 Å². The lowest BCUT2D eigenvalue weighted by Crippen LogP contribution is -2.48. The van der Waals surface area contributed by atoms with E-state index in [-0.39, 0.29) is 24.9 Å².